The third-order valence-corrected chi connectivity index (χ3v) is 7.76. The van der Waals surface area contributed by atoms with Crippen molar-refractivity contribution in [2.75, 3.05) is 19.6 Å². The van der Waals surface area contributed by atoms with E-state index in [0.717, 1.165) is 19.3 Å². The molecule has 16 heteroatoms. The summed E-state index contributed by atoms with van der Waals surface area (Å²) in [5.41, 5.74) is 0.0262. The fraction of sp³-hybridized carbons (Fsp3) is 0.586. The molecular weight excluding hydrogens is 599 g/mol. The second kappa shape index (κ2) is 16.6. The largest absolute Gasteiger partial charge is 0.389 e. The topological polar surface area (TPSA) is 180 Å². The summed E-state index contributed by atoms with van der Waals surface area (Å²) in [5, 5.41) is 9.66. The Morgan fingerprint density at radius 1 is 1.00 bits per heavy atom. The highest BCUT2D eigenvalue weighted by atomic mass is 19.4. The molecule has 3 rings (SSSR count). The number of Topliss-reactive ketones (excluding diaryl/α,β-unsaturated/α-hetero) is 1. The maximum atomic E-state index is 13.3. The number of nitrogens with one attached hydrogen (secondary N) is 4. The van der Waals surface area contributed by atoms with Crippen molar-refractivity contribution in [2.45, 2.75) is 82.1 Å². The summed E-state index contributed by atoms with van der Waals surface area (Å²) in [6, 6.07) is -3.84. The van der Waals surface area contributed by atoms with Crippen LogP contribution < -0.4 is 21.3 Å². The Hall–Kier alpha value is -4.37. The van der Waals surface area contributed by atoms with Gasteiger partial charge < -0.3 is 26.2 Å². The van der Waals surface area contributed by atoms with Gasteiger partial charge in [-0.05, 0) is 38.0 Å². The quantitative estimate of drug-likeness (QED) is 0.172. The lowest BCUT2D eigenvalue weighted by Crippen LogP contribution is -2.56. The first-order chi connectivity index (χ1) is 21.4. The van der Waals surface area contributed by atoms with Gasteiger partial charge in [0, 0.05) is 31.9 Å². The molecule has 0 bridgehead atoms. The number of aromatic nitrogens is 2. The minimum atomic E-state index is -4.64. The zero-order valence-electron chi connectivity index (χ0n) is 24.7. The van der Waals surface area contributed by atoms with Gasteiger partial charge in [0.2, 0.25) is 23.5 Å². The third-order valence-electron chi connectivity index (χ3n) is 7.76. The molecule has 45 heavy (non-hydrogen) atoms. The molecule has 2 heterocycles. The van der Waals surface area contributed by atoms with Gasteiger partial charge in [0.25, 0.3) is 11.8 Å². The molecule has 0 radical (unpaired) electrons. The number of ketones is 1. The Labute approximate surface area is 258 Å². The van der Waals surface area contributed by atoms with Gasteiger partial charge in [-0.1, -0.05) is 25.3 Å². The second-order valence-corrected chi connectivity index (χ2v) is 11.0. The fourth-order valence-electron chi connectivity index (χ4n) is 5.46. The van der Waals surface area contributed by atoms with Crippen LogP contribution in [0.4, 0.5) is 13.2 Å². The Kier molecular flexibility index (Phi) is 13.0. The first-order valence-electron chi connectivity index (χ1n) is 14.9. The van der Waals surface area contributed by atoms with Crippen molar-refractivity contribution >= 4 is 35.3 Å². The summed E-state index contributed by atoms with van der Waals surface area (Å²) < 4.78 is 38.8. The standard InChI is InChI=1S/C29H38F3N7O6/c1-2-12-35-28(45)24(41)19(10-11-29(30,31)32)37-26(43)21-9-6-15-39(21)22(40)17-36-27(44)23(18-7-4-3-5-8-18)38-25(42)20-16-33-13-14-34-20/h2,13-14,16,18-19,21,23H,1,3-12,15,17H2,(H,35,45)(H,36,44)(H,37,43)(H,38,42). The van der Waals surface area contributed by atoms with Crippen LogP contribution in [0.15, 0.2) is 31.2 Å². The molecule has 2 fully saturated rings. The van der Waals surface area contributed by atoms with E-state index in [1.165, 1.54) is 29.6 Å². The summed E-state index contributed by atoms with van der Waals surface area (Å²) in [6.45, 7) is 2.90. The Bertz CT molecular complexity index is 1240. The molecule has 0 aromatic carbocycles. The number of alkyl halides is 3. The molecule has 1 saturated heterocycles. The van der Waals surface area contributed by atoms with E-state index in [1.807, 2.05) is 0 Å². The van der Waals surface area contributed by atoms with Crippen molar-refractivity contribution in [1.82, 2.24) is 36.1 Å². The van der Waals surface area contributed by atoms with Gasteiger partial charge in [0.05, 0.1) is 18.8 Å². The van der Waals surface area contributed by atoms with Crippen LogP contribution in [0.2, 0.25) is 0 Å². The molecule has 246 valence electrons. The smallest absolute Gasteiger partial charge is 0.346 e. The summed E-state index contributed by atoms with van der Waals surface area (Å²) >= 11 is 0. The number of hydrogen-bond donors (Lipinski definition) is 4. The molecule has 4 N–H and O–H groups in total. The predicted octanol–water partition coefficient (Wildman–Crippen LogP) is 0.961. The SMILES string of the molecule is C=CCNC(=O)C(=O)C(CCC(F)(F)F)NC(=O)C1CCCN1C(=O)CNC(=O)C(NC(=O)c1cnccn1)C1CCCCC1. The number of likely N-dealkylation sites (tertiary alicyclic amines) is 1. The van der Waals surface area contributed by atoms with Crippen LogP contribution in [-0.2, 0) is 24.0 Å². The van der Waals surface area contributed by atoms with Gasteiger partial charge in [0.1, 0.15) is 17.8 Å². The summed E-state index contributed by atoms with van der Waals surface area (Å²) in [7, 11) is 0. The van der Waals surface area contributed by atoms with Gasteiger partial charge in [-0.2, -0.15) is 13.2 Å². The summed E-state index contributed by atoms with van der Waals surface area (Å²) in [4.78, 5) is 86.0. The first-order valence-corrected chi connectivity index (χ1v) is 14.9. The first kappa shape index (κ1) is 35.1. The van der Waals surface area contributed by atoms with E-state index >= 15 is 0 Å². The Balaban J connectivity index is 1.64. The zero-order chi connectivity index (χ0) is 33.0. The van der Waals surface area contributed by atoms with Crippen molar-refractivity contribution in [3.8, 4) is 0 Å². The van der Waals surface area contributed by atoms with Crippen LogP contribution >= 0.6 is 0 Å². The highest BCUT2D eigenvalue weighted by Gasteiger charge is 2.39. The van der Waals surface area contributed by atoms with Crippen molar-refractivity contribution in [2.24, 2.45) is 5.92 Å². The van der Waals surface area contributed by atoms with Crippen LogP contribution in [0.5, 0.6) is 0 Å². The van der Waals surface area contributed by atoms with E-state index in [9.17, 15) is 41.9 Å². The minimum Gasteiger partial charge on any atom is -0.346 e. The minimum absolute atomic E-state index is 0.0262. The van der Waals surface area contributed by atoms with Gasteiger partial charge in [-0.3, -0.25) is 33.8 Å². The number of carbonyl (C=O) groups excluding carboxylic acids is 6. The van der Waals surface area contributed by atoms with Crippen LogP contribution in [0.1, 0.15) is 68.3 Å². The molecule has 0 spiro atoms. The molecule has 1 aliphatic carbocycles. The highest BCUT2D eigenvalue weighted by molar-refractivity contribution is 6.38. The van der Waals surface area contributed by atoms with Crippen LogP contribution in [0.25, 0.3) is 0 Å². The van der Waals surface area contributed by atoms with E-state index in [2.05, 4.69) is 37.8 Å². The predicted molar refractivity (Wildman–Crippen MR) is 153 cm³/mol. The van der Waals surface area contributed by atoms with Crippen LogP contribution in [-0.4, -0.2) is 94.1 Å². The van der Waals surface area contributed by atoms with E-state index < -0.39 is 79.0 Å². The number of rotatable bonds is 14. The van der Waals surface area contributed by atoms with Crippen LogP contribution in [0, 0.1) is 5.92 Å². The fourth-order valence-corrected chi connectivity index (χ4v) is 5.46. The monoisotopic (exact) mass is 637 g/mol. The Morgan fingerprint density at radius 2 is 1.73 bits per heavy atom. The highest BCUT2D eigenvalue weighted by Crippen LogP contribution is 2.27. The van der Waals surface area contributed by atoms with Gasteiger partial charge in [-0.15, -0.1) is 6.58 Å². The average molecular weight is 638 g/mol. The molecule has 1 aromatic rings. The van der Waals surface area contributed by atoms with E-state index in [0.29, 0.717) is 19.3 Å². The number of carbonyl (C=O) groups is 6. The lowest BCUT2D eigenvalue weighted by molar-refractivity contribution is -0.146. The van der Waals surface area contributed by atoms with Gasteiger partial charge in [-0.25, -0.2) is 4.98 Å². The molecule has 1 aromatic heterocycles. The average Bonchev–Trinajstić information content (AvgIpc) is 3.53. The molecule has 3 unspecified atom stereocenters. The maximum absolute atomic E-state index is 13.3. The summed E-state index contributed by atoms with van der Waals surface area (Å²) in [6.07, 6.45) is 3.05. The Morgan fingerprint density at radius 3 is 2.38 bits per heavy atom. The molecule has 2 aliphatic rings. The van der Waals surface area contributed by atoms with Crippen molar-refractivity contribution in [1.29, 1.82) is 0 Å². The number of nitrogens with zero attached hydrogens (tertiary/aromatic N) is 3. The third kappa shape index (κ3) is 10.6. The molecular formula is C29H38F3N7O6. The number of amides is 5. The normalized spacial score (nSPS) is 18.3. The van der Waals surface area contributed by atoms with Crippen molar-refractivity contribution < 1.29 is 41.9 Å². The van der Waals surface area contributed by atoms with Gasteiger partial charge in [0.15, 0.2) is 0 Å². The molecule has 13 nitrogen and oxygen atoms in total. The summed E-state index contributed by atoms with van der Waals surface area (Å²) in [5.74, 6) is -5.31. The lowest BCUT2D eigenvalue weighted by atomic mass is 9.83. The van der Waals surface area contributed by atoms with E-state index in [-0.39, 0.29) is 31.1 Å². The van der Waals surface area contributed by atoms with E-state index in [1.54, 1.807) is 0 Å². The van der Waals surface area contributed by atoms with Crippen molar-refractivity contribution in [3.05, 3.63) is 36.9 Å². The van der Waals surface area contributed by atoms with Gasteiger partial charge >= 0.3 is 6.18 Å². The molecule has 3 atom stereocenters. The number of halogens is 3. The van der Waals surface area contributed by atoms with Crippen molar-refractivity contribution in [3.63, 3.8) is 0 Å². The molecule has 1 aliphatic heterocycles. The molecule has 1 saturated carbocycles. The second-order valence-electron chi connectivity index (χ2n) is 11.0. The molecule has 5 amide bonds. The van der Waals surface area contributed by atoms with E-state index in [4.69, 9.17) is 0 Å². The maximum Gasteiger partial charge on any atom is 0.389 e. The van der Waals surface area contributed by atoms with Crippen LogP contribution in [0.3, 0.4) is 0 Å². The zero-order valence-corrected chi connectivity index (χ0v) is 24.7. The number of hydrogen-bond acceptors (Lipinski definition) is 8. The lowest BCUT2D eigenvalue weighted by Gasteiger charge is -2.30.